The molecule has 11 heteroatoms. The van der Waals surface area contributed by atoms with Crippen molar-refractivity contribution < 1.29 is 14.2 Å². The van der Waals surface area contributed by atoms with E-state index in [0.29, 0.717) is 42.2 Å². The zero-order valence-electron chi connectivity index (χ0n) is 17.8. The molecule has 6 heterocycles. The van der Waals surface area contributed by atoms with Crippen LogP contribution in [0.4, 0.5) is 0 Å². The number of hydrogen-bond donors (Lipinski definition) is 1. The third-order valence-electron chi connectivity index (χ3n) is 5.98. The molecule has 33 heavy (non-hydrogen) atoms. The molecule has 0 saturated carbocycles. The van der Waals surface area contributed by atoms with E-state index in [2.05, 4.69) is 25.4 Å². The minimum atomic E-state index is -0.204. The van der Waals surface area contributed by atoms with Gasteiger partial charge in [-0.05, 0) is 25.1 Å². The van der Waals surface area contributed by atoms with Crippen LogP contribution in [-0.2, 0) is 7.05 Å². The number of H-pyrrole nitrogens is 1. The van der Waals surface area contributed by atoms with Crippen LogP contribution in [0.5, 0.6) is 23.3 Å². The van der Waals surface area contributed by atoms with E-state index in [4.69, 9.17) is 19.2 Å². The van der Waals surface area contributed by atoms with Crippen LogP contribution >= 0.6 is 0 Å². The summed E-state index contributed by atoms with van der Waals surface area (Å²) in [6.07, 6.45) is 5.43. The lowest BCUT2D eigenvalue weighted by atomic mass is 9.86. The Labute approximate surface area is 187 Å². The van der Waals surface area contributed by atoms with Gasteiger partial charge in [-0.1, -0.05) is 0 Å². The molecule has 164 valence electrons. The summed E-state index contributed by atoms with van der Waals surface area (Å²) in [7, 11) is 1.89. The topological polar surface area (TPSA) is 117 Å². The van der Waals surface area contributed by atoms with Gasteiger partial charge in [0.25, 0.3) is 0 Å². The molecule has 2 aliphatic rings. The third kappa shape index (κ3) is 2.65. The molecule has 11 nitrogen and oxygen atoms in total. The first-order valence-corrected chi connectivity index (χ1v) is 10.5. The van der Waals surface area contributed by atoms with Crippen molar-refractivity contribution in [1.82, 2.24) is 39.6 Å². The Morgan fingerprint density at radius 2 is 1.97 bits per heavy atom. The van der Waals surface area contributed by atoms with Gasteiger partial charge in [0.15, 0.2) is 23.0 Å². The van der Waals surface area contributed by atoms with E-state index in [1.165, 1.54) is 0 Å². The predicted molar refractivity (Wildman–Crippen MR) is 115 cm³/mol. The molecule has 1 aromatic carbocycles. The Kier molecular flexibility index (Phi) is 3.61. The minimum absolute atomic E-state index is 0.204. The zero-order valence-corrected chi connectivity index (χ0v) is 17.8. The van der Waals surface area contributed by atoms with Crippen molar-refractivity contribution in [3.8, 4) is 34.6 Å². The van der Waals surface area contributed by atoms with Gasteiger partial charge in [-0.15, -0.1) is 10.2 Å². The number of aryl methyl sites for hydroxylation is 2. The summed E-state index contributed by atoms with van der Waals surface area (Å²) in [5.74, 6) is 2.73. The molecule has 4 aromatic heterocycles. The molecular weight excluding hydrogens is 424 g/mol. The lowest BCUT2D eigenvalue weighted by molar-refractivity contribution is 0.171. The smallest absolute Gasteiger partial charge is 0.244 e. The van der Waals surface area contributed by atoms with Gasteiger partial charge in [0.1, 0.15) is 19.5 Å². The van der Waals surface area contributed by atoms with Crippen molar-refractivity contribution in [2.24, 2.45) is 7.05 Å². The molecule has 7 rings (SSSR count). The predicted octanol–water partition coefficient (Wildman–Crippen LogP) is 2.61. The maximum Gasteiger partial charge on any atom is 0.244 e. The van der Waals surface area contributed by atoms with E-state index in [1.807, 2.05) is 44.6 Å². The summed E-state index contributed by atoms with van der Waals surface area (Å²) in [5, 5.41) is 16.4. The molecule has 2 aliphatic heterocycles. The van der Waals surface area contributed by atoms with Crippen molar-refractivity contribution in [2.45, 2.75) is 12.8 Å². The number of rotatable bonds is 2. The summed E-state index contributed by atoms with van der Waals surface area (Å²) in [6, 6.07) is 5.71. The second-order valence-electron chi connectivity index (χ2n) is 8.08. The average molecular weight is 442 g/mol. The summed E-state index contributed by atoms with van der Waals surface area (Å²) < 4.78 is 20.9. The zero-order chi connectivity index (χ0) is 22.1. The molecule has 1 N–H and O–H groups in total. The molecule has 0 spiro atoms. The van der Waals surface area contributed by atoms with Crippen molar-refractivity contribution in [3.05, 3.63) is 59.3 Å². The minimum Gasteiger partial charge on any atom is -0.486 e. The van der Waals surface area contributed by atoms with Gasteiger partial charge < -0.3 is 14.2 Å². The standard InChI is InChI=1S/C22H18N8O3/c1-11-16-17(13-8-24-29(2)9-13)18-20-25-19(12-3-4-14-15(7-12)32-6-5-31-14)28-30(20)10-23-21(18)33-22(16)27-26-11/h3-4,7-10,17H,5-6H2,1-2H3,(H,26,27). The van der Waals surface area contributed by atoms with Crippen LogP contribution in [-0.4, -0.2) is 52.8 Å². The van der Waals surface area contributed by atoms with Gasteiger partial charge in [-0.3, -0.25) is 9.78 Å². The highest BCUT2D eigenvalue weighted by Gasteiger charge is 2.37. The number of ether oxygens (including phenoxy) is 3. The fourth-order valence-corrected chi connectivity index (χ4v) is 4.49. The van der Waals surface area contributed by atoms with E-state index in [9.17, 15) is 0 Å². The lowest BCUT2D eigenvalue weighted by Gasteiger charge is -2.24. The van der Waals surface area contributed by atoms with Crippen LogP contribution in [0.15, 0.2) is 36.9 Å². The molecule has 1 atom stereocenters. The second kappa shape index (κ2) is 6.55. The van der Waals surface area contributed by atoms with Crippen LogP contribution in [0.3, 0.4) is 0 Å². The maximum atomic E-state index is 6.06. The first-order valence-electron chi connectivity index (χ1n) is 10.5. The van der Waals surface area contributed by atoms with Crippen LogP contribution in [0, 0.1) is 6.92 Å². The summed E-state index contributed by atoms with van der Waals surface area (Å²) >= 11 is 0. The molecule has 0 radical (unpaired) electrons. The van der Waals surface area contributed by atoms with Crippen LogP contribution in [0.1, 0.15) is 28.3 Å². The van der Waals surface area contributed by atoms with Crippen LogP contribution < -0.4 is 14.2 Å². The second-order valence-corrected chi connectivity index (χ2v) is 8.08. The van der Waals surface area contributed by atoms with E-state index >= 15 is 0 Å². The number of nitrogens with zero attached hydrogens (tertiary/aromatic N) is 7. The van der Waals surface area contributed by atoms with E-state index in [0.717, 1.165) is 33.7 Å². The summed E-state index contributed by atoms with van der Waals surface area (Å²) in [6.45, 7) is 3.03. The molecule has 5 aromatic rings. The molecule has 0 aliphatic carbocycles. The molecule has 0 fully saturated rings. The largest absolute Gasteiger partial charge is 0.486 e. The molecule has 0 amide bonds. The van der Waals surface area contributed by atoms with Crippen LogP contribution in [0.25, 0.3) is 17.0 Å². The Balaban J connectivity index is 1.43. The Hall–Kier alpha value is -4.41. The van der Waals surface area contributed by atoms with Crippen molar-refractivity contribution >= 4 is 5.65 Å². The van der Waals surface area contributed by atoms with E-state index < -0.39 is 0 Å². The molecule has 1 unspecified atom stereocenters. The number of aromatic amines is 1. The monoisotopic (exact) mass is 442 g/mol. The van der Waals surface area contributed by atoms with Crippen LogP contribution in [0.2, 0.25) is 0 Å². The van der Waals surface area contributed by atoms with Gasteiger partial charge in [-0.25, -0.2) is 14.5 Å². The Bertz CT molecular complexity index is 1550. The van der Waals surface area contributed by atoms with Gasteiger partial charge >= 0.3 is 0 Å². The van der Waals surface area contributed by atoms with Gasteiger partial charge in [0.2, 0.25) is 11.8 Å². The quantitative estimate of drug-likeness (QED) is 0.435. The number of hydrogen-bond acceptors (Lipinski definition) is 8. The van der Waals surface area contributed by atoms with E-state index in [1.54, 1.807) is 15.5 Å². The average Bonchev–Trinajstić information content (AvgIpc) is 3.56. The number of benzene rings is 1. The highest BCUT2D eigenvalue weighted by atomic mass is 16.6. The van der Waals surface area contributed by atoms with Crippen molar-refractivity contribution in [1.29, 1.82) is 0 Å². The SMILES string of the molecule is Cc1[nH]nc2c1C(c1cnn(C)c1)c1c(ncn3nc(-c4ccc5c(c4)OCCO5)nc13)O2. The number of nitrogens with one attached hydrogen (secondary N) is 1. The Morgan fingerprint density at radius 1 is 1.09 bits per heavy atom. The fourth-order valence-electron chi connectivity index (χ4n) is 4.49. The third-order valence-corrected chi connectivity index (χ3v) is 5.98. The molecule has 0 saturated heterocycles. The highest BCUT2D eigenvalue weighted by molar-refractivity contribution is 5.69. The normalized spacial score (nSPS) is 16.4. The summed E-state index contributed by atoms with van der Waals surface area (Å²) in [5.41, 5.74) is 5.15. The van der Waals surface area contributed by atoms with E-state index in [-0.39, 0.29) is 5.92 Å². The highest BCUT2D eigenvalue weighted by Crippen LogP contribution is 2.48. The van der Waals surface area contributed by atoms with Gasteiger partial charge in [0, 0.05) is 35.6 Å². The Morgan fingerprint density at radius 3 is 2.82 bits per heavy atom. The number of aromatic nitrogens is 8. The van der Waals surface area contributed by atoms with Crippen molar-refractivity contribution in [2.75, 3.05) is 13.2 Å². The lowest BCUT2D eigenvalue weighted by Crippen LogP contribution is -2.15. The fraction of sp³-hybridized carbons (Fsp3) is 0.227. The molecular formula is C22H18N8O3. The summed E-state index contributed by atoms with van der Waals surface area (Å²) in [4.78, 5) is 9.42. The first-order chi connectivity index (χ1) is 16.2. The van der Waals surface area contributed by atoms with Gasteiger partial charge in [-0.2, -0.15) is 5.10 Å². The van der Waals surface area contributed by atoms with Gasteiger partial charge in [0.05, 0.1) is 17.7 Å². The maximum absolute atomic E-state index is 6.06. The number of fused-ring (bicyclic) bond motifs is 5. The first kappa shape index (κ1) is 18.2. The molecule has 0 bridgehead atoms. The van der Waals surface area contributed by atoms with Crippen molar-refractivity contribution in [3.63, 3.8) is 0 Å².